The Morgan fingerprint density at radius 1 is 1.48 bits per heavy atom. The van der Waals surface area contributed by atoms with E-state index >= 15 is 0 Å². The van der Waals surface area contributed by atoms with Crippen molar-refractivity contribution in [2.75, 3.05) is 26.7 Å². The molecule has 0 unspecified atom stereocenters. The van der Waals surface area contributed by atoms with Crippen LogP contribution >= 0.6 is 0 Å². The predicted molar refractivity (Wildman–Crippen MR) is 75.3 cm³/mol. The van der Waals surface area contributed by atoms with Gasteiger partial charge in [0, 0.05) is 13.1 Å². The van der Waals surface area contributed by atoms with Gasteiger partial charge in [0.2, 0.25) is 0 Å². The van der Waals surface area contributed by atoms with Crippen LogP contribution in [0.15, 0.2) is 18.2 Å². The highest BCUT2D eigenvalue weighted by Gasteiger charge is 2.37. The molecule has 0 amide bonds. The van der Waals surface area contributed by atoms with Crippen molar-refractivity contribution in [2.45, 2.75) is 18.3 Å². The number of nitriles is 1. The zero-order chi connectivity index (χ0) is 15.5. The summed E-state index contributed by atoms with van der Waals surface area (Å²) in [4.78, 5) is 12.6. The first-order chi connectivity index (χ1) is 10.0. The van der Waals surface area contributed by atoms with E-state index in [0.29, 0.717) is 31.7 Å². The van der Waals surface area contributed by atoms with Crippen molar-refractivity contribution in [1.82, 2.24) is 4.90 Å². The Morgan fingerprint density at radius 2 is 2.14 bits per heavy atom. The number of rotatable bonds is 4. The van der Waals surface area contributed by atoms with E-state index in [4.69, 9.17) is 9.84 Å². The average molecular weight is 290 g/mol. The number of carboxylic acids is 1. The topological polar surface area (TPSA) is 93.8 Å². The number of carbonyl (C=O) groups is 1. The van der Waals surface area contributed by atoms with Crippen molar-refractivity contribution in [3.63, 3.8) is 0 Å². The molecule has 2 N–H and O–H groups in total. The van der Waals surface area contributed by atoms with Crippen molar-refractivity contribution in [2.24, 2.45) is 0 Å². The maximum atomic E-state index is 10.7. The SMILES string of the molecule is COc1ccc(C2(C#N)CCN(CC(=O)O)CC2)cc1O. The van der Waals surface area contributed by atoms with Crippen LogP contribution in [0.5, 0.6) is 11.5 Å². The van der Waals surface area contributed by atoms with Crippen molar-refractivity contribution < 1.29 is 19.7 Å². The summed E-state index contributed by atoms with van der Waals surface area (Å²) in [5.41, 5.74) is 0.0666. The smallest absolute Gasteiger partial charge is 0.317 e. The van der Waals surface area contributed by atoms with Crippen LogP contribution in [-0.4, -0.2) is 47.8 Å². The molecule has 1 heterocycles. The number of hydrogen-bond acceptors (Lipinski definition) is 5. The molecule has 0 atom stereocenters. The highest BCUT2D eigenvalue weighted by Crippen LogP contribution is 2.38. The Hall–Kier alpha value is -2.26. The lowest BCUT2D eigenvalue weighted by Gasteiger charge is -2.37. The fraction of sp³-hybridized carbons (Fsp3) is 0.467. The Kier molecular flexibility index (Phi) is 4.34. The highest BCUT2D eigenvalue weighted by atomic mass is 16.5. The Bertz CT molecular complexity index is 572. The molecule has 1 fully saturated rings. The molecule has 6 nitrogen and oxygen atoms in total. The molecule has 1 saturated heterocycles. The molecule has 112 valence electrons. The van der Waals surface area contributed by atoms with E-state index < -0.39 is 11.4 Å². The third-order valence-corrected chi connectivity index (χ3v) is 4.01. The van der Waals surface area contributed by atoms with E-state index in [-0.39, 0.29) is 12.3 Å². The molecule has 0 aliphatic carbocycles. The predicted octanol–water partition coefficient (Wildman–Crippen LogP) is 1.34. The van der Waals surface area contributed by atoms with Gasteiger partial charge in [-0.25, -0.2) is 0 Å². The number of methoxy groups -OCH3 is 1. The number of carboxylic acid groups (broad SMARTS) is 1. The van der Waals surface area contributed by atoms with Crippen LogP contribution in [0.2, 0.25) is 0 Å². The van der Waals surface area contributed by atoms with E-state index in [1.54, 1.807) is 18.2 Å². The first kappa shape index (κ1) is 15.1. The zero-order valence-corrected chi connectivity index (χ0v) is 11.9. The molecule has 6 heteroatoms. The summed E-state index contributed by atoms with van der Waals surface area (Å²) < 4.78 is 5.01. The quantitative estimate of drug-likeness (QED) is 0.869. The lowest BCUT2D eigenvalue weighted by atomic mass is 9.74. The molecule has 1 aromatic rings. The number of piperidine rings is 1. The monoisotopic (exact) mass is 290 g/mol. The molecule has 0 aromatic heterocycles. The second-order valence-corrected chi connectivity index (χ2v) is 5.25. The van der Waals surface area contributed by atoms with Gasteiger partial charge >= 0.3 is 5.97 Å². The Balaban J connectivity index is 2.19. The van der Waals surface area contributed by atoms with Gasteiger partial charge in [-0.15, -0.1) is 0 Å². The fourth-order valence-corrected chi connectivity index (χ4v) is 2.74. The lowest BCUT2D eigenvalue weighted by Crippen LogP contribution is -2.43. The number of phenols is 1. The van der Waals surface area contributed by atoms with Gasteiger partial charge in [0.25, 0.3) is 0 Å². The van der Waals surface area contributed by atoms with Gasteiger partial charge in [-0.05, 0) is 30.5 Å². The number of phenolic OH excluding ortho intramolecular Hbond substituents is 1. The van der Waals surface area contributed by atoms with Crippen LogP contribution in [0.1, 0.15) is 18.4 Å². The maximum Gasteiger partial charge on any atom is 0.317 e. The first-order valence-electron chi connectivity index (χ1n) is 6.73. The summed E-state index contributed by atoms with van der Waals surface area (Å²) in [7, 11) is 1.47. The third-order valence-electron chi connectivity index (χ3n) is 4.01. The molecular formula is C15H18N2O4. The van der Waals surface area contributed by atoms with E-state index in [1.165, 1.54) is 7.11 Å². The molecule has 21 heavy (non-hydrogen) atoms. The second kappa shape index (κ2) is 6.02. The number of nitrogens with zero attached hydrogens (tertiary/aromatic N) is 2. The van der Waals surface area contributed by atoms with Crippen molar-refractivity contribution in [1.29, 1.82) is 5.26 Å². The highest BCUT2D eigenvalue weighted by molar-refractivity contribution is 5.69. The molecular weight excluding hydrogens is 272 g/mol. The van der Waals surface area contributed by atoms with E-state index in [9.17, 15) is 15.2 Å². The summed E-state index contributed by atoms with van der Waals surface area (Å²) in [6.07, 6.45) is 1.09. The van der Waals surface area contributed by atoms with Gasteiger partial charge in [-0.1, -0.05) is 6.07 Å². The van der Waals surface area contributed by atoms with Crippen molar-refractivity contribution in [3.05, 3.63) is 23.8 Å². The Morgan fingerprint density at radius 3 is 2.62 bits per heavy atom. The summed E-state index contributed by atoms with van der Waals surface area (Å²) in [6.45, 7) is 1.09. The normalized spacial score (nSPS) is 17.9. The molecule has 1 aliphatic rings. The van der Waals surface area contributed by atoms with Crippen molar-refractivity contribution in [3.8, 4) is 17.6 Å². The molecule has 0 radical (unpaired) electrons. The number of benzene rings is 1. The standard InChI is InChI=1S/C15H18N2O4/c1-21-13-3-2-11(8-12(13)18)15(10-16)4-6-17(7-5-15)9-14(19)20/h2-3,8,18H,4-7,9H2,1H3,(H,19,20). The number of likely N-dealkylation sites (tertiary alicyclic amines) is 1. The minimum absolute atomic E-state index is 0.00459. The molecule has 1 aromatic carbocycles. The van der Waals surface area contributed by atoms with Gasteiger partial charge in [-0.3, -0.25) is 9.69 Å². The fourth-order valence-electron chi connectivity index (χ4n) is 2.74. The zero-order valence-electron chi connectivity index (χ0n) is 11.9. The van der Waals surface area contributed by atoms with Crippen LogP contribution in [0.25, 0.3) is 0 Å². The van der Waals surface area contributed by atoms with E-state index in [1.807, 2.05) is 4.90 Å². The molecule has 0 saturated carbocycles. The van der Waals surface area contributed by atoms with Gasteiger partial charge in [-0.2, -0.15) is 5.26 Å². The summed E-state index contributed by atoms with van der Waals surface area (Å²) in [5.74, 6) is -0.478. The summed E-state index contributed by atoms with van der Waals surface area (Å²) >= 11 is 0. The van der Waals surface area contributed by atoms with Gasteiger partial charge in [0.15, 0.2) is 11.5 Å². The van der Waals surface area contributed by atoms with Crippen LogP contribution in [0, 0.1) is 11.3 Å². The number of aliphatic carboxylic acids is 1. The first-order valence-corrected chi connectivity index (χ1v) is 6.73. The molecule has 2 rings (SSSR count). The lowest BCUT2D eigenvalue weighted by molar-refractivity contribution is -0.138. The van der Waals surface area contributed by atoms with E-state index in [2.05, 4.69) is 6.07 Å². The summed E-state index contributed by atoms with van der Waals surface area (Å²) in [5, 5.41) is 28.3. The van der Waals surface area contributed by atoms with Gasteiger partial charge in [0.05, 0.1) is 25.1 Å². The summed E-state index contributed by atoms with van der Waals surface area (Å²) in [6, 6.07) is 7.34. The minimum Gasteiger partial charge on any atom is -0.504 e. The third kappa shape index (κ3) is 3.09. The van der Waals surface area contributed by atoms with Gasteiger partial charge in [0.1, 0.15) is 0 Å². The van der Waals surface area contributed by atoms with Crippen LogP contribution < -0.4 is 4.74 Å². The molecule has 1 aliphatic heterocycles. The van der Waals surface area contributed by atoms with Gasteiger partial charge < -0.3 is 14.9 Å². The largest absolute Gasteiger partial charge is 0.504 e. The molecule has 0 bridgehead atoms. The maximum absolute atomic E-state index is 10.7. The van der Waals surface area contributed by atoms with E-state index in [0.717, 1.165) is 5.56 Å². The second-order valence-electron chi connectivity index (χ2n) is 5.25. The average Bonchev–Trinajstić information content (AvgIpc) is 2.47. The number of aromatic hydroxyl groups is 1. The minimum atomic E-state index is -0.860. The Labute approximate surface area is 123 Å². The number of hydrogen-bond donors (Lipinski definition) is 2. The van der Waals surface area contributed by atoms with Crippen molar-refractivity contribution >= 4 is 5.97 Å². The van der Waals surface area contributed by atoms with Crippen LogP contribution in [0.4, 0.5) is 0 Å². The van der Waals surface area contributed by atoms with Crippen LogP contribution in [0.3, 0.4) is 0 Å². The molecule has 0 spiro atoms. The van der Waals surface area contributed by atoms with Crippen LogP contribution in [-0.2, 0) is 10.2 Å². The number of ether oxygens (including phenoxy) is 1.